The second-order valence-electron chi connectivity index (χ2n) is 5.85. The minimum Gasteiger partial charge on any atom is -0.453 e. The van der Waals surface area contributed by atoms with Crippen molar-refractivity contribution in [3.63, 3.8) is 0 Å². The van der Waals surface area contributed by atoms with Crippen molar-refractivity contribution < 1.29 is 14.4 Å². The minimum absolute atomic E-state index is 0.0909. The van der Waals surface area contributed by atoms with Crippen LogP contribution in [-0.2, 0) is 15.1 Å². The molecule has 1 saturated heterocycles. The van der Waals surface area contributed by atoms with E-state index in [1.165, 1.54) is 4.90 Å². The molecule has 1 aliphatic heterocycles. The van der Waals surface area contributed by atoms with Crippen LogP contribution in [0.15, 0.2) is 30.3 Å². The van der Waals surface area contributed by atoms with Crippen LogP contribution < -0.4 is 4.90 Å². The van der Waals surface area contributed by atoms with E-state index in [9.17, 15) is 4.79 Å². The molecule has 0 spiro atoms. The number of piperidine rings is 1. The molecule has 0 bridgehead atoms. The van der Waals surface area contributed by atoms with Gasteiger partial charge in [-0.2, -0.15) is 0 Å². The number of hydrogen-bond donors (Lipinski definition) is 1. The maximum absolute atomic E-state index is 12.0. The van der Waals surface area contributed by atoms with Crippen LogP contribution >= 0.6 is 0 Å². The number of esters is 1. The molecule has 110 valence electrons. The third-order valence-corrected chi connectivity index (χ3v) is 4.52. The monoisotopic (exact) mass is 276 g/mol. The predicted octanol–water partition coefficient (Wildman–Crippen LogP) is 1.78. The largest absolute Gasteiger partial charge is 0.453 e. The molecule has 1 unspecified atom stereocenters. The second-order valence-corrected chi connectivity index (χ2v) is 5.85. The average Bonchev–Trinajstić information content (AvgIpc) is 2.49. The Kier molecular flexibility index (Phi) is 4.81. The fraction of sp³-hybridized carbons (Fsp3) is 0.588. The Bertz CT molecular complexity index is 446. The van der Waals surface area contributed by atoms with Gasteiger partial charge in [0.05, 0.1) is 26.1 Å². The lowest BCUT2D eigenvalue weighted by Crippen LogP contribution is -3.11. The molecule has 1 aliphatic rings. The van der Waals surface area contributed by atoms with E-state index in [4.69, 9.17) is 4.74 Å². The third kappa shape index (κ3) is 2.88. The number of carbonyl (C=O) groups is 1. The topological polar surface area (TPSA) is 30.7 Å². The highest BCUT2D eigenvalue weighted by Gasteiger charge is 2.47. The van der Waals surface area contributed by atoms with Crippen LogP contribution in [-0.4, -0.2) is 26.1 Å². The zero-order valence-electron chi connectivity index (χ0n) is 12.8. The summed E-state index contributed by atoms with van der Waals surface area (Å²) in [6.07, 6.45) is 2.38. The van der Waals surface area contributed by atoms with E-state index in [1.807, 2.05) is 25.1 Å². The molecule has 3 atom stereocenters. The SMILES string of the molecule is CCC(=O)O[C@]1(c2ccccc2)CC[NH+](C)C[C@@H]1CC. The molecule has 1 aromatic rings. The summed E-state index contributed by atoms with van der Waals surface area (Å²) in [5, 5.41) is 0. The van der Waals surface area contributed by atoms with E-state index in [2.05, 4.69) is 26.1 Å². The third-order valence-electron chi connectivity index (χ3n) is 4.52. The highest BCUT2D eigenvalue weighted by atomic mass is 16.6. The number of ether oxygens (including phenoxy) is 1. The van der Waals surface area contributed by atoms with Crippen LogP contribution in [0.3, 0.4) is 0 Å². The Morgan fingerprint density at radius 3 is 2.65 bits per heavy atom. The number of hydrogen-bond acceptors (Lipinski definition) is 2. The number of quaternary nitrogens is 1. The quantitative estimate of drug-likeness (QED) is 0.850. The van der Waals surface area contributed by atoms with Gasteiger partial charge < -0.3 is 9.64 Å². The lowest BCUT2D eigenvalue weighted by molar-refractivity contribution is -0.892. The van der Waals surface area contributed by atoms with Crippen molar-refractivity contribution in [3.05, 3.63) is 35.9 Å². The van der Waals surface area contributed by atoms with Crippen LogP contribution in [0.1, 0.15) is 38.7 Å². The van der Waals surface area contributed by atoms with Crippen LogP contribution in [0.4, 0.5) is 0 Å². The van der Waals surface area contributed by atoms with Crippen molar-refractivity contribution in [2.45, 2.75) is 38.7 Å². The Morgan fingerprint density at radius 2 is 2.05 bits per heavy atom. The molecule has 3 nitrogen and oxygen atoms in total. The molecule has 3 heteroatoms. The fourth-order valence-corrected chi connectivity index (χ4v) is 3.33. The van der Waals surface area contributed by atoms with Crippen molar-refractivity contribution in [2.24, 2.45) is 5.92 Å². The highest BCUT2D eigenvalue weighted by molar-refractivity contribution is 5.69. The van der Waals surface area contributed by atoms with Crippen LogP contribution in [0, 0.1) is 5.92 Å². The number of benzene rings is 1. The van der Waals surface area contributed by atoms with Gasteiger partial charge in [-0.3, -0.25) is 4.79 Å². The maximum atomic E-state index is 12.0. The predicted molar refractivity (Wildman–Crippen MR) is 79.5 cm³/mol. The zero-order chi connectivity index (χ0) is 14.6. The summed E-state index contributed by atoms with van der Waals surface area (Å²) < 4.78 is 6.01. The molecular formula is C17H26NO2+. The molecular weight excluding hydrogens is 250 g/mol. The Balaban J connectivity index is 2.40. The first-order chi connectivity index (χ1) is 9.62. The number of nitrogens with one attached hydrogen (secondary N) is 1. The van der Waals surface area contributed by atoms with Gasteiger partial charge in [0.15, 0.2) is 5.60 Å². The van der Waals surface area contributed by atoms with Crippen molar-refractivity contribution in [2.75, 3.05) is 20.1 Å². The van der Waals surface area contributed by atoms with Gasteiger partial charge in [0.2, 0.25) is 0 Å². The number of rotatable bonds is 4. The molecule has 1 heterocycles. The summed E-state index contributed by atoms with van der Waals surface area (Å²) in [5.74, 6) is 0.293. The summed E-state index contributed by atoms with van der Waals surface area (Å²) in [6, 6.07) is 10.3. The van der Waals surface area contributed by atoms with E-state index in [0.717, 1.165) is 31.5 Å². The molecule has 20 heavy (non-hydrogen) atoms. The summed E-state index contributed by atoms with van der Waals surface area (Å²) in [4.78, 5) is 13.5. The fourth-order valence-electron chi connectivity index (χ4n) is 3.33. The lowest BCUT2D eigenvalue weighted by Gasteiger charge is -2.44. The minimum atomic E-state index is -0.428. The van der Waals surface area contributed by atoms with Crippen molar-refractivity contribution in [3.8, 4) is 0 Å². The van der Waals surface area contributed by atoms with Gasteiger partial charge in [0, 0.05) is 12.8 Å². The summed E-state index contributed by atoms with van der Waals surface area (Å²) in [6.45, 7) is 6.16. The van der Waals surface area contributed by atoms with E-state index in [-0.39, 0.29) is 5.97 Å². The van der Waals surface area contributed by atoms with Crippen molar-refractivity contribution >= 4 is 5.97 Å². The molecule has 0 radical (unpaired) electrons. The van der Waals surface area contributed by atoms with E-state index in [0.29, 0.717) is 12.3 Å². The molecule has 0 aromatic heterocycles. The molecule has 0 amide bonds. The second kappa shape index (κ2) is 6.40. The van der Waals surface area contributed by atoms with Gasteiger partial charge in [-0.1, -0.05) is 44.2 Å². The van der Waals surface area contributed by atoms with Gasteiger partial charge >= 0.3 is 5.97 Å². The van der Waals surface area contributed by atoms with Crippen LogP contribution in [0.25, 0.3) is 0 Å². The lowest BCUT2D eigenvalue weighted by atomic mass is 9.74. The Hall–Kier alpha value is -1.35. The normalized spacial score (nSPS) is 29.9. The van der Waals surface area contributed by atoms with Crippen molar-refractivity contribution in [1.82, 2.24) is 0 Å². The van der Waals surface area contributed by atoms with E-state index >= 15 is 0 Å². The van der Waals surface area contributed by atoms with E-state index in [1.54, 1.807) is 0 Å². The van der Waals surface area contributed by atoms with Crippen molar-refractivity contribution in [1.29, 1.82) is 0 Å². The highest BCUT2D eigenvalue weighted by Crippen LogP contribution is 2.40. The zero-order valence-corrected chi connectivity index (χ0v) is 12.8. The molecule has 0 aliphatic carbocycles. The van der Waals surface area contributed by atoms with Crippen LogP contribution in [0.2, 0.25) is 0 Å². The molecule has 1 N–H and O–H groups in total. The summed E-state index contributed by atoms with van der Waals surface area (Å²) >= 11 is 0. The molecule has 1 fully saturated rings. The van der Waals surface area contributed by atoms with Gasteiger partial charge in [-0.25, -0.2) is 0 Å². The first-order valence-corrected chi connectivity index (χ1v) is 7.71. The molecule has 1 aromatic carbocycles. The molecule has 2 rings (SSSR count). The first kappa shape index (κ1) is 15.0. The van der Waals surface area contributed by atoms with Gasteiger partial charge in [0.25, 0.3) is 0 Å². The standard InChI is InChI=1S/C17H25NO2/c1-4-14-13-18(3)12-11-17(14,20-16(19)5-2)15-9-7-6-8-10-15/h6-10,14H,4-5,11-13H2,1-3H3/p+1/t14-,17+/m0/s1. The smallest absolute Gasteiger partial charge is 0.306 e. The maximum Gasteiger partial charge on any atom is 0.306 e. The van der Waals surface area contributed by atoms with E-state index < -0.39 is 5.60 Å². The Morgan fingerprint density at radius 1 is 1.35 bits per heavy atom. The number of likely N-dealkylation sites (tertiary alicyclic amines) is 1. The summed E-state index contributed by atoms with van der Waals surface area (Å²) in [7, 11) is 2.22. The first-order valence-electron chi connectivity index (χ1n) is 7.71. The van der Waals surface area contributed by atoms with Gasteiger partial charge in [0.1, 0.15) is 0 Å². The van der Waals surface area contributed by atoms with Gasteiger partial charge in [-0.15, -0.1) is 0 Å². The number of carbonyl (C=O) groups excluding carboxylic acids is 1. The average molecular weight is 276 g/mol. The van der Waals surface area contributed by atoms with Crippen LogP contribution in [0.5, 0.6) is 0 Å². The molecule has 0 saturated carbocycles. The summed E-state index contributed by atoms with van der Waals surface area (Å²) in [5.41, 5.74) is 0.726. The Labute approximate surface area is 121 Å². The van der Waals surface area contributed by atoms with Gasteiger partial charge in [-0.05, 0) is 12.0 Å².